The quantitative estimate of drug-likeness (QED) is 0.840. The van der Waals surface area contributed by atoms with Gasteiger partial charge in [0.1, 0.15) is 0 Å². The van der Waals surface area contributed by atoms with Crippen molar-refractivity contribution < 1.29 is 8.42 Å². The van der Waals surface area contributed by atoms with E-state index >= 15 is 0 Å². The summed E-state index contributed by atoms with van der Waals surface area (Å²) in [5, 5.41) is 7.14. The number of aromatic nitrogens is 3. The van der Waals surface area contributed by atoms with Crippen LogP contribution in [0.2, 0.25) is 0 Å². The van der Waals surface area contributed by atoms with E-state index in [1.165, 1.54) is 18.5 Å². The fraction of sp³-hybridized carbons (Fsp3) is 0.182. The molecule has 100 valence electrons. The molecule has 1 heterocycles. The number of anilines is 1. The van der Waals surface area contributed by atoms with Crippen LogP contribution in [0.25, 0.3) is 0 Å². The smallest absolute Gasteiger partial charge is 0.264 e. The van der Waals surface area contributed by atoms with E-state index in [9.17, 15) is 8.42 Å². The number of nitrogens with two attached hydrogens (primary N) is 1. The van der Waals surface area contributed by atoms with E-state index in [0.29, 0.717) is 12.1 Å². The van der Waals surface area contributed by atoms with Crippen LogP contribution in [0.3, 0.4) is 0 Å². The van der Waals surface area contributed by atoms with Gasteiger partial charge in [-0.3, -0.25) is 0 Å². The molecule has 0 aliphatic heterocycles. The molecule has 8 heteroatoms. The molecule has 19 heavy (non-hydrogen) atoms. The van der Waals surface area contributed by atoms with E-state index < -0.39 is 10.0 Å². The number of nitrogens with zero attached hydrogens (tertiary/aromatic N) is 3. The Hall–Kier alpha value is -2.06. The molecule has 1 aromatic carbocycles. The first-order valence-corrected chi connectivity index (χ1v) is 6.97. The molecule has 7 nitrogen and oxygen atoms in total. The van der Waals surface area contributed by atoms with Crippen molar-refractivity contribution in [2.24, 2.45) is 5.73 Å². The van der Waals surface area contributed by atoms with Crippen molar-refractivity contribution in [2.75, 3.05) is 4.72 Å². The van der Waals surface area contributed by atoms with Crippen molar-refractivity contribution in [3.05, 3.63) is 41.7 Å². The van der Waals surface area contributed by atoms with Crippen LogP contribution in [0.1, 0.15) is 11.1 Å². The molecular weight excluding hydrogens is 266 g/mol. The highest BCUT2D eigenvalue weighted by molar-refractivity contribution is 7.92. The Morgan fingerprint density at radius 3 is 2.68 bits per heavy atom. The van der Waals surface area contributed by atoms with Crippen LogP contribution in [0, 0.1) is 6.92 Å². The second kappa shape index (κ2) is 5.29. The summed E-state index contributed by atoms with van der Waals surface area (Å²) < 4.78 is 26.6. The third-order valence-electron chi connectivity index (χ3n) is 2.47. The molecule has 3 N–H and O–H groups in total. The van der Waals surface area contributed by atoms with Crippen LogP contribution < -0.4 is 10.5 Å². The number of benzene rings is 1. The summed E-state index contributed by atoms with van der Waals surface area (Å²) in [6.07, 6.45) is 2.72. The lowest BCUT2D eigenvalue weighted by molar-refractivity contribution is 0.600. The van der Waals surface area contributed by atoms with E-state index in [1.54, 1.807) is 19.1 Å². The fourth-order valence-corrected chi connectivity index (χ4v) is 2.78. The largest absolute Gasteiger partial charge is 0.326 e. The number of nitrogens with one attached hydrogen (secondary N) is 1. The standard InChI is InChI=1S/C11H13N5O2S/c1-8-6-9(7-12)2-3-10(8)19(17,18)16-11-13-4-5-14-15-11/h2-6H,7,12H2,1H3,(H,13,15,16). The summed E-state index contributed by atoms with van der Waals surface area (Å²) >= 11 is 0. The highest BCUT2D eigenvalue weighted by Gasteiger charge is 2.18. The molecule has 0 saturated carbocycles. The van der Waals surface area contributed by atoms with Crippen molar-refractivity contribution in [3.8, 4) is 0 Å². The van der Waals surface area contributed by atoms with E-state index in [1.807, 2.05) is 0 Å². The Morgan fingerprint density at radius 2 is 2.11 bits per heavy atom. The molecule has 0 radical (unpaired) electrons. The van der Waals surface area contributed by atoms with Crippen molar-refractivity contribution in [1.82, 2.24) is 15.2 Å². The Balaban J connectivity index is 2.35. The van der Waals surface area contributed by atoms with Crippen LogP contribution in [0.5, 0.6) is 0 Å². The zero-order chi connectivity index (χ0) is 13.9. The SMILES string of the molecule is Cc1cc(CN)ccc1S(=O)(=O)Nc1nccnn1. The average molecular weight is 279 g/mol. The van der Waals surface area contributed by atoms with Gasteiger partial charge in [-0.05, 0) is 24.1 Å². The van der Waals surface area contributed by atoms with E-state index in [2.05, 4.69) is 19.9 Å². The first kappa shape index (κ1) is 13.4. The number of hydrogen-bond acceptors (Lipinski definition) is 6. The average Bonchev–Trinajstić information content (AvgIpc) is 2.38. The van der Waals surface area contributed by atoms with Gasteiger partial charge in [0, 0.05) is 6.54 Å². The minimum absolute atomic E-state index is 0.0650. The third kappa shape index (κ3) is 3.04. The van der Waals surface area contributed by atoms with E-state index in [0.717, 1.165) is 5.56 Å². The highest BCUT2D eigenvalue weighted by Crippen LogP contribution is 2.18. The summed E-state index contributed by atoms with van der Waals surface area (Å²) in [6, 6.07) is 4.92. The Bertz CT molecular complexity index is 673. The van der Waals surface area contributed by atoms with Crippen molar-refractivity contribution in [2.45, 2.75) is 18.4 Å². The molecule has 0 aliphatic rings. The highest BCUT2D eigenvalue weighted by atomic mass is 32.2. The molecule has 0 aliphatic carbocycles. The second-order valence-corrected chi connectivity index (χ2v) is 5.53. The van der Waals surface area contributed by atoms with Gasteiger partial charge in [0.2, 0.25) is 0 Å². The minimum atomic E-state index is -3.72. The number of aryl methyl sites for hydroxylation is 1. The Kier molecular flexibility index (Phi) is 3.72. The Morgan fingerprint density at radius 1 is 1.32 bits per heavy atom. The van der Waals surface area contributed by atoms with Crippen LogP contribution >= 0.6 is 0 Å². The van der Waals surface area contributed by atoms with E-state index in [4.69, 9.17) is 5.73 Å². The molecule has 0 fully saturated rings. The first-order valence-electron chi connectivity index (χ1n) is 5.49. The van der Waals surface area contributed by atoms with Crippen molar-refractivity contribution in [3.63, 3.8) is 0 Å². The molecule has 0 atom stereocenters. The van der Waals surface area contributed by atoms with Gasteiger partial charge >= 0.3 is 0 Å². The van der Waals surface area contributed by atoms with Gasteiger partial charge in [-0.2, -0.15) is 5.10 Å². The van der Waals surface area contributed by atoms with Crippen LogP contribution in [-0.4, -0.2) is 23.6 Å². The molecule has 0 amide bonds. The maximum Gasteiger partial charge on any atom is 0.264 e. The maximum atomic E-state index is 12.2. The summed E-state index contributed by atoms with van der Waals surface area (Å²) in [5.41, 5.74) is 6.99. The summed E-state index contributed by atoms with van der Waals surface area (Å²) in [4.78, 5) is 3.93. The monoisotopic (exact) mass is 279 g/mol. The van der Waals surface area contributed by atoms with Gasteiger partial charge in [-0.25, -0.2) is 18.1 Å². The molecule has 0 saturated heterocycles. The van der Waals surface area contributed by atoms with Crippen LogP contribution in [0.15, 0.2) is 35.5 Å². The fourth-order valence-electron chi connectivity index (χ4n) is 1.61. The number of hydrogen-bond donors (Lipinski definition) is 2. The lowest BCUT2D eigenvalue weighted by atomic mass is 10.1. The number of sulfonamides is 1. The zero-order valence-electron chi connectivity index (χ0n) is 10.2. The van der Waals surface area contributed by atoms with Gasteiger partial charge in [0.05, 0.1) is 17.3 Å². The van der Waals surface area contributed by atoms with Crippen molar-refractivity contribution >= 4 is 16.0 Å². The molecule has 0 spiro atoms. The molecule has 0 bridgehead atoms. The summed E-state index contributed by atoms with van der Waals surface area (Å²) in [5.74, 6) is -0.0650. The van der Waals surface area contributed by atoms with Gasteiger partial charge < -0.3 is 5.73 Å². The third-order valence-corrected chi connectivity index (χ3v) is 3.96. The van der Waals surface area contributed by atoms with Gasteiger partial charge in [-0.1, -0.05) is 12.1 Å². The van der Waals surface area contributed by atoms with Gasteiger partial charge in [-0.15, -0.1) is 5.10 Å². The first-order chi connectivity index (χ1) is 9.03. The molecule has 1 aromatic heterocycles. The molecule has 2 aromatic rings. The van der Waals surface area contributed by atoms with Crippen LogP contribution in [-0.2, 0) is 16.6 Å². The molecular formula is C11H13N5O2S. The normalized spacial score (nSPS) is 11.3. The summed E-state index contributed by atoms with van der Waals surface area (Å²) in [6.45, 7) is 2.07. The predicted octanol–water partition coefficient (Wildman–Crippen LogP) is 0.440. The topological polar surface area (TPSA) is 111 Å². The Labute approximate surface area is 110 Å². The summed E-state index contributed by atoms with van der Waals surface area (Å²) in [7, 11) is -3.72. The predicted molar refractivity (Wildman–Crippen MR) is 69.7 cm³/mol. The second-order valence-electron chi connectivity index (χ2n) is 3.88. The van der Waals surface area contributed by atoms with E-state index in [-0.39, 0.29) is 10.8 Å². The van der Waals surface area contributed by atoms with Gasteiger partial charge in [0.15, 0.2) is 0 Å². The zero-order valence-corrected chi connectivity index (χ0v) is 11.1. The number of rotatable bonds is 4. The lowest BCUT2D eigenvalue weighted by Crippen LogP contribution is -2.16. The molecule has 2 rings (SSSR count). The van der Waals surface area contributed by atoms with Gasteiger partial charge in [0.25, 0.3) is 16.0 Å². The molecule has 0 unspecified atom stereocenters. The maximum absolute atomic E-state index is 12.2. The van der Waals surface area contributed by atoms with Crippen molar-refractivity contribution in [1.29, 1.82) is 0 Å². The minimum Gasteiger partial charge on any atom is -0.326 e. The lowest BCUT2D eigenvalue weighted by Gasteiger charge is -2.09. The van der Waals surface area contributed by atoms with Crippen LogP contribution in [0.4, 0.5) is 5.95 Å².